The first-order chi connectivity index (χ1) is 30.9. The minimum Gasteiger partial charge on any atom is -0.308 e. The topological polar surface area (TPSA) is 57.4 Å². The first-order valence-electron chi connectivity index (χ1n) is 22.1. The highest BCUT2D eigenvalue weighted by Crippen LogP contribution is 2.55. The van der Waals surface area contributed by atoms with Crippen LogP contribution in [0.15, 0.2) is 152 Å². The van der Waals surface area contributed by atoms with E-state index in [4.69, 9.17) is 0 Å². The minimum absolute atomic E-state index is 0.210. The number of rotatable bonds is 4. The molecule has 4 heteroatoms. The Morgan fingerprint density at radius 3 is 1.56 bits per heavy atom. The molecule has 8 aromatic carbocycles. The zero-order valence-corrected chi connectivity index (χ0v) is 36.9. The van der Waals surface area contributed by atoms with Gasteiger partial charge < -0.3 is 9.13 Å². The van der Waals surface area contributed by atoms with Crippen LogP contribution in [0.25, 0.3) is 94.0 Å². The summed E-state index contributed by atoms with van der Waals surface area (Å²) in [6.07, 6.45) is 4.14. The number of fused-ring (bicyclic) bond motifs is 14. The molecule has 12 rings (SSSR count). The van der Waals surface area contributed by atoms with Gasteiger partial charge in [0, 0.05) is 32.7 Å². The number of hydrogen-bond acceptors (Lipinski definition) is 2. The van der Waals surface area contributed by atoms with E-state index in [9.17, 15) is 10.5 Å². The fourth-order valence-electron chi connectivity index (χ4n) is 11.5. The van der Waals surface area contributed by atoms with Crippen LogP contribution in [0, 0.1) is 29.6 Å². The second-order valence-electron chi connectivity index (χ2n) is 19.0. The number of aryl methyl sites for hydroxylation is 1. The predicted octanol–water partition coefficient (Wildman–Crippen LogP) is 15.3. The third kappa shape index (κ3) is 4.91. The molecule has 4 nitrogen and oxygen atoms in total. The summed E-state index contributed by atoms with van der Waals surface area (Å²) in [4.78, 5) is 0. The maximum atomic E-state index is 11.3. The van der Waals surface area contributed by atoms with Crippen molar-refractivity contribution >= 4 is 60.3 Å². The second kappa shape index (κ2) is 13.1. The van der Waals surface area contributed by atoms with Crippen LogP contribution in [-0.2, 0) is 10.8 Å². The molecule has 0 saturated heterocycles. The molecule has 2 aliphatic rings. The lowest BCUT2D eigenvalue weighted by Gasteiger charge is -2.22. The van der Waals surface area contributed by atoms with Gasteiger partial charge in [0.05, 0.1) is 39.1 Å². The third-order valence-electron chi connectivity index (χ3n) is 14.7. The van der Waals surface area contributed by atoms with Gasteiger partial charge in [-0.25, -0.2) is 0 Å². The first kappa shape index (κ1) is 37.8. The molecule has 64 heavy (non-hydrogen) atoms. The van der Waals surface area contributed by atoms with E-state index < -0.39 is 0 Å². The van der Waals surface area contributed by atoms with Gasteiger partial charge in [-0.15, -0.1) is 0 Å². The number of nitriles is 2. The van der Waals surface area contributed by atoms with Crippen molar-refractivity contribution < 1.29 is 0 Å². The van der Waals surface area contributed by atoms with Crippen LogP contribution in [0.1, 0.15) is 79.3 Å². The molecule has 0 atom stereocenters. The van der Waals surface area contributed by atoms with E-state index in [0.717, 1.165) is 49.5 Å². The standard InChI is InChI=1S/C60H44N4/c1-34(2)20-25-51-35(3)43-28-49-45(57-40-16-10-8-14-36(40)21-23-47(57)59(49,4)5)30-55(43)63(51)53-26-39(33-62)54(27-38(53)32-61)64-52-19-13-12-18-42(52)44-29-50-46(31-56(44)64)58-41-17-11-9-15-37(41)22-24-48(58)60(50,6)7/h8-31H,1H2,2-7H3/b25-20-. The Labute approximate surface area is 372 Å². The maximum Gasteiger partial charge on any atom is 0.101 e. The smallest absolute Gasteiger partial charge is 0.101 e. The van der Waals surface area contributed by atoms with Crippen molar-refractivity contribution in [3.63, 3.8) is 0 Å². The Hall–Kier alpha value is -7.92. The lowest BCUT2D eigenvalue weighted by Crippen LogP contribution is -2.14. The fraction of sp³-hybridized carbons (Fsp3) is 0.133. The first-order valence-corrected chi connectivity index (χ1v) is 22.1. The van der Waals surface area contributed by atoms with Crippen molar-refractivity contribution in [2.24, 2.45) is 0 Å². The van der Waals surface area contributed by atoms with Crippen molar-refractivity contribution in [3.8, 4) is 45.8 Å². The van der Waals surface area contributed by atoms with Crippen molar-refractivity contribution in [1.29, 1.82) is 10.5 Å². The molecule has 0 spiro atoms. The Morgan fingerprint density at radius 1 is 0.531 bits per heavy atom. The van der Waals surface area contributed by atoms with Crippen LogP contribution in [0.4, 0.5) is 0 Å². The van der Waals surface area contributed by atoms with Gasteiger partial charge in [0.15, 0.2) is 0 Å². The summed E-state index contributed by atoms with van der Waals surface area (Å²) in [5.41, 5.74) is 18.0. The number of benzene rings is 8. The summed E-state index contributed by atoms with van der Waals surface area (Å²) >= 11 is 0. The largest absolute Gasteiger partial charge is 0.308 e. The molecule has 10 aromatic rings. The molecule has 0 radical (unpaired) electrons. The molecule has 2 aliphatic carbocycles. The van der Waals surface area contributed by atoms with Gasteiger partial charge in [-0.3, -0.25) is 0 Å². The van der Waals surface area contributed by atoms with E-state index >= 15 is 0 Å². The molecular weight excluding hydrogens is 777 g/mol. The highest BCUT2D eigenvalue weighted by atomic mass is 15.0. The summed E-state index contributed by atoms with van der Waals surface area (Å²) < 4.78 is 4.41. The zero-order chi connectivity index (χ0) is 44.0. The van der Waals surface area contributed by atoms with Crippen molar-refractivity contribution in [3.05, 3.63) is 196 Å². The molecule has 2 aromatic heterocycles. The van der Waals surface area contributed by atoms with E-state index in [1.807, 2.05) is 25.1 Å². The number of nitrogens with zero attached hydrogens (tertiary/aromatic N) is 4. The lowest BCUT2D eigenvalue weighted by atomic mass is 9.81. The number of aromatic nitrogens is 2. The van der Waals surface area contributed by atoms with E-state index in [-0.39, 0.29) is 10.8 Å². The minimum atomic E-state index is -0.216. The van der Waals surface area contributed by atoms with Crippen LogP contribution in [-0.4, -0.2) is 9.13 Å². The van der Waals surface area contributed by atoms with Gasteiger partial charge in [0.1, 0.15) is 12.1 Å². The molecule has 0 saturated carbocycles. The molecule has 0 aliphatic heterocycles. The Bertz CT molecular complexity index is 3900. The molecule has 304 valence electrons. The second-order valence-corrected chi connectivity index (χ2v) is 19.0. The van der Waals surface area contributed by atoms with E-state index in [1.165, 1.54) is 66.1 Å². The predicted molar refractivity (Wildman–Crippen MR) is 266 cm³/mol. The molecule has 0 N–H and O–H groups in total. The Balaban J connectivity index is 1.14. The van der Waals surface area contributed by atoms with Crippen molar-refractivity contribution in [2.45, 2.75) is 52.4 Å². The number of hydrogen-bond donors (Lipinski definition) is 0. The van der Waals surface area contributed by atoms with Crippen LogP contribution in [0.5, 0.6) is 0 Å². The van der Waals surface area contributed by atoms with Gasteiger partial charge in [0.2, 0.25) is 0 Å². The van der Waals surface area contributed by atoms with Crippen LogP contribution < -0.4 is 0 Å². The van der Waals surface area contributed by atoms with Gasteiger partial charge in [-0.05, 0) is 134 Å². The third-order valence-corrected chi connectivity index (χ3v) is 14.7. The summed E-state index contributed by atoms with van der Waals surface area (Å²) in [6.45, 7) is 17.6. The van der Waals surface area contributed by atoms with Crippen LogP contribution in [0.2, 0.25) is 0 Å². The molecule has 0 amide bonds. The SMILES string of the molecule is C=C(C)/C=C\c1c(C)c2cc3c(cc2n1-c1cc(C#N)c(-n2c4ccccc4c4cc5c(cc42)-c2c(ccc4ccccc24)C5(C)C)cc1C#N)-c1c(ccc2ccccc12)C3(C)C. The average molecular weight is 821 g/mol. The van der Waals surface area contributed by atoms with Crippen LogP contribution in [0.3, 0.4) is 0 Å². The van der Waals surface area contributed by atoms with E-state index in [1.54, 1.807) is 0 Å². The van der Waals surface area contributed by atoms with Gasteiger partial charge in [-0.2, -0.15) is 10.5 Å². The molecule has 0 fully saturated rings. The quantitative estimate of drug-likeness (QED) is 0.166. The van der Waals surface area contributed by atoms with Crippen molar-refractivity contribution in [2.75, 3.05) is 0 Å². The molecular formula is C60H44N4. The van der Waals surface area contributed by atoms with Crippen molar-refractivity contribution in [1.82, 2.24) is 9.13 Å². The molecule has 0 bridgehead atoms. The highest BCUT2D eigenvalue weighted by molar-refractivity contribution is 6.13. The lowest BCUT2D eigenvalue weighted by molar-refractivity contribution is 0.661. The molecule has 0 unspecified atom stereocenters. The van der Waals surface area contributed by atoms with E-state index in [0.29, 0.717) is 22.5 Å². The van der Waals surface area contributed by atoms with Gasteiger partial charge in [-0.1, -0.05) is 137 Å². The summed E-state index contributed by atoms with van der Waals surface area (Å²) in [6, 6.07) is 53.3. The fourth-order valence-corrected chi connectivity index (χ4v) is 11.5. The van der Waals surface area contributed by atoms with Gasteiger partial charge >= 0.3 is 0 Å². The van der Waals surface area contributed by atoms with Crippen LogP contribution >= 0.6 is 0 Å². The molecule has 2 heterocycles. The maximum absolute atomic E-state index is 11.3. The highest BCUT2D eigenvalue weighted by Gasteiger charge is 2.39. The van der Waals surface area contributed by atoms with E-state index in [2.05, 4.69) is 190 Å². The summed E-state index contributed by atoms with van der Waals surface area (Å²) in [7, 11) is 0. The Morgan fingerprint density at radius 2 is 1.02 bits per heavy atom. The number of allylic oxidation sites excluding steroid dienone is 2. The zero-order valence-electron chi connectivity index (χ0n) is 36.9. The summed E-state index contributed by atoms with van der Waals surface area (Å²) in [5, 5.41) is 30.7. The monoisotopic (exact) mass is 820 g/mol. The average Bonchev–Trinajstić information content (AvgIpc) is 3.93. The number of para-hydroxylation sites is 1. The Kier molecular flexibility index (Phi) is 7.71. The summed E-state index contributed by atoms with van der Waals surface area (Å²) in [5.74, 6) is 0. The normalized spacial score (nSPS) is 14.3. The van der Waals surface area contributed by atoms with Gasteiger partial charge in [0.25, 0.3) is 0 Å².